The molecule has 0 aliphatic heterocycles. The quantitative estimate of drug-likeness (QED) is 0.834. The summed E-state index contributed by atoms with van der Waals surface area (Å²) in [7, 11) is 0. The van der Waals surface area contributed by atoms with Crippen LogP contribution < -0.4 is 15.8 Å². The van der Waals surface area contributed by atoms with Crippen LogP contribution in [-0.2, 0) is 0 Å². The highest BCUT2D eigenvalue weighted by atomic mass is 35.5. The van der Waals surface area contributed by atoms with Gasteiger partial charge in [0.1, 0.15) is 5.69 Å². The van der Waals surface area contributed by atoms with Gasteiger partial charge in [0.15, 0.2) is 0 Å². The van der Waals surface area contributed by atoms with E-state index in [-0.39, 0.29) is 16.9 Å². The van der Waals surface area contributed by atoms with Gasteiger partial charge in [-0.15, -0.1) is 0 Å². The Morgan fingerprint density at radius 2 is 2.08 bits per heavy atom. The van der Waals surface area contributed by atoms with Crippen molar-refractivity contribution in [1.82, 2.24) is 9.97 Å². The van der Waals surface area contributed by atoms with Crippen LogP contribution in [-0.4, -0.2) is 28.4 Å². The molecular weight excluding hydrogens is 332 g/mol. The van der Waals surface area contributed by atoms with Crippen LogP contribution >= 0.6 is 11.6 Å². The van der Waals surface area contributed by atoms with E-state index in [0.29, 0.717) is 23.4 Å². The number of halogens is 1. The number of hydrogen-bond donors (Lipinski definition) is 2. The van der Waals surface area contributed by atoms with E-state index in [2.05, 4.69) is 15.3 Å². The Balaban J connectivity index is 1.70. The fourth-order valence-electron chi connectivity index (χ4n) is 2.02. The zero-order valence-corrected chi connectivity index (χ0v) is 13.4. The molecule has 1 aliphatic carbocycles. The topological polar surface area (TPSA) is 107 Å². The second kappa shape index (κ2) is 6.84. The number of primary amides is 1. The van der Waals surface area contributed by atoms with Gasteiger partial charge in [-0.1, -0.05) is 11.6 Å². The van der Waals surface area contributed by atoms with Crippen molar-refractivity contribution in [2.45, 2.75) is 12.8 Å². The van der Waals surface area contributed by atoms with Crippen LogP contribution in [0.2, 0.25) is 5.02 Å². The molecule has 0 bridgehead atoms. The maximum atomic E-state index is 12.2. The minimum absolute atomic E-state index is 0.0872. The van der Waals surface area contributed by atoms with Crippen LogP contribution in [0.5, 0.6) is 5.88 Å². The number of nitrogens with two attached hydrogens (primary N) is 1. The van der Waals surface area contributed by atoms with Gasteiger partial charge in [-0.25, -0.2) is 9.97 Å². The van der Waals surface area contributed by atoms with Crippen molar-refractivity contribution >= 4 is 29.1 Å². The summed E-state index contributed by atoms with van der Waals surface area (Å²) in [5.41, 5.74) is 5.75. The maximum absolute atomic E-state index is 12.2. The van der Waals surface area contributed by atoms with Gasteiger partial charge in [0, 0.05) is 5.02 Å². The molecule has 0 saturated heterocycles. The Kier molecular flexibility index (Phi) is 4.61. The van der Waals surface area contributed by atoms with E-state index < -0.39 is 11.8 Å². The first-order valence-electron chi connectivity index (χ1n) is 7.38. The zero-order valence-electron chi connectivity index (χ0n) is 12.7. The molecule has 3 rings (SSSR count). The van der Waals surface area contributed by atoms with Crippen LogP contribution in [0.3, 0.4) is 0 Å². The lowest BCUT2D eigenvalue weighted by atomic mass is 10.1. The molecule has 3 N–H and O–H groups in total. The van der Waals surface area contributed by atoms with Gasteiger partial charge in [-0.3, -0.25) is 9.59 Å². The molecule has 1 aromatic carbocycles. The average Bonchev–Trinajstić information content (AvgIpc) is 3.37. The predicted octanol–water partition coefficient (Wildman–Crippen LogP) is 2.27. The molecule has 1 heterocycles. The first kappa shape index (κ1) is 16.2. The number of anilines is 1. The first-order valence-corrected chi connectivity index (χ1v) is 7.76. The maximum Gasteiger partial charge on any atom is 0.275 e. The number of ether oxygens (including phenoxy) is 1. The standard InChI is InChI=1S/C16H15ClN4O3/c17-10-3-4-11(15(18)22)12(5-10)21-16(23)13-6-20-14(7-19-13)24-8-9-1-2-9/h3-7,9H,1-2,8H2,(H2,18,22)(H,21,23). The van der Waals surface area contributed by atoms with E-state index in [1.807, 2.05) is 0 Å². The second-order valence-corrected chi connectivity index (χ2v) is 5.94. The van der Waals surface area contributed by atoms with Gasteiger partial charge in [0.25, 0.3) is 11.8 Å². The van der Waals surface area contributed by atoms with Crippen molar-refractivity contribution < 1.29 is 14.3 Å². The molecule has 124 valence electrons. The van der Waals surface area contributed by atoms with Crippen LogP contribution in [0.4, 0.5) is 5.69 Å². The zero-order chi connectivity index (χ0) is 17.1. The number of amides is 2. The number of benzene rings is 1. The molecule has 1 saturated carbocycles. The highest BCUT2D eigenvalue weighted by Crippen LogP contribution is 2.29. The molecule has 0 spiro atoms. The summed E-state index contributed by atoms with van der Waals surface area (Å²) in [6.45, 7) is 0.616. The minimum atomic E-state index is -0.670. The van der Waals surface area contributed by atoms with Crippen molar-refractivity contribution in [1.29, 1.82) is 0 Å². The molecule has 0 unspecified atom stereocenters. The summed E-state index contributed by atoms with van der Waals surface area (Å²) in [5, 5.41) is 2.93. The van der Waals surface area contributed by atoms with Crippen LogP contribution in [0.1, 0.15) is 33.7 Å². The number of nitrogens with zero attached hydrogens (tertiary/aromatic N) is 2. The summed E-state index contributed by atoms with van der Waals surface area (Å²) >= 11 is 5.89. The highest BCUT2D eigenvalue weighted by Gasteiger charge is 2.22. The number of hydrogen-bond acceptors (Lipinski definition) is 5. The second-order valence-electron chi connectivity index (χ2n) is 5.50. The Bertz CT molecular complexity index is 775. The van der Waals surface area contributed by atoms with Crippen molar-refractivity contribution in [3.63, 3.8) is 0 Å². The van der Waals surface area contributed by atoms with Crippen molar-refractivity contribution in [2.24, 2.45) is 11.7 Å². The highest BCUT2D eigenvalue weighted by molar-refractivity contribution is 6.31. The number of nitrogens with one attached hydrogen (secondary N) is 1. The summed E-state index contributed by atoms with van der Waals surface area (Å²) in [4.78, 5) is 31.7. The lowest BCUT2D eigenvalue weighted by molar-refractivity contribution is 0.100. The van der Waals surface area contributed by atoms with Gasteiger partial charge < -0.3 is 15.8 Å². The minimum Gasteiger partial charge on any atom is -0.476 e. The summed E-state index contributed by atoms with van der Waals surface area (Å²) < 4.78 is 5.47. The van der Waals surface area contributed by atoms with Crippen molar-refractivity contribution in [3.05, 3.63) is 46.9 Å². The van der Waals surface area contributed by atoms with Crippen LogP contribution in [0.15, 0.2) is 30.6 Å². The van der Waals surface area contributed by atoms with Gasteiger partial charge in [-0.2, -0.15) is 0 Å². The monoisotopic (exact) mass is 346 g/mol. The molecule has 1 aromatic heterocycles. The number of aromatic nitrogens is 2. The molecule has 1 fully saturated rings. The molecule has 7 nitrogen and oxygen atoms in total. The van der Waals surface area contributed by atoms with Gasteiger partial charge in [-0.05, 0) is 37.0 Å². The fraction of sp³-hybridized carbons (Fsp3) is 0.250. The Morgan fingerprint density at radius 3 is 2.71 bits per heavy atom. The van der Waals surface area contributed by atoms with E-state index >= 15 is 0 Å². The third-order valence-corrected chi connectivity index (χ3v) is 3.76. The number of carbonyl (C=O) groups is 2. The predicted molar refractivity (Wildman–Crippen MR) is 88.2 cm³/mol. The summed E-state index contributed by atoms with van der Waals surface area (Å²) in [6.07, 6.45) is 5.06. The SMILES string of the molecule is NC(=O)c1ccc(Cl)cc1NC(=O)c1cnc(OCC2CC2)cn1. The normalized spacial score (nSPS) is 13.4. The molecule has 24 heavy (non-hydrogen) atoms. The largest absolute Gasteiger partial charge is 0.476 e. The van der Waals surface area contributed by atoms with Gasteiger partial charge in [0.2, 0.25) is 5.88 Å². The lowest BCUT2D eigenvalue weighted by Gasteiger charge is -2.09. The third-order valence-electron chi connectivity index (χ3n) is 3.52. The van der Waals surface area contributed by atoms with Crippen molar-refractivity contribution in [3.8, 4) is 5.88 Å². The molecule has 2 amide bonds. The Morgan fingerprint density at radius 1 is 1.29 bits per heavy atom. The van der Waals surface area contributed by atoms with E-state index in [9.17, 15) is 9.59 Å². The average molecular weight is 347 g/mol. The third kappa shape index (κ3) is 3.99. The number of carbonyl (C=O) groups excluding carboxylic acids is 2. The number of rotatable bonds is 6. The molecule has 0 atom stereocenters. The molecule has 8 heteroatoms. The summed E-state index contributed by atoms with van der Waals surface area (Å²) in [5.74, 6) is -0.221. The van der Waals surface area contributed by atoms with E-state index in [1.165, 1.54) is 43.4 Å². The molecule has 1 aliphatic rings. The van der Waals surface area contributed by atoms with E-state index in [4.69, 9.17) is 22.1 Å². The smallest absolute Gasteiger partial charge is 0.275 e. The lowest BCUT2D eigenvalue weighted by Crippen LogP contribution is -2.19. The van der Waals surface area contributed by atoms with Crippen LogP contribution in [0, 0.1) is 5.92 Å². The van der Waals surface area contributed by atoms with E-state index in [1.54, 1.807) is 0 Å². The van der Waals surface area contributed by atoms with Crippen molar-refractivity contribution in [2.75, 3.05) is 11.9 Å². The Hall–Kier alpha value is -2.67. The summed E-state index contributed by atoms with van der Waals surface area (Å²) in [6, 6.07) is 4.41. The molecular formula is C16H15ClN4O3. The van der Waals surface area contributed by atoms with E-state index in [0.717, 1.165) is 0 Å². The first-order chi connectivity index (χ1) is 11.5. The fourth-order valence-corrected chi connectivity index (χ4v) is 2.19. The molecule has 0 radical (unpaired) electrons. The van der Waals surface area contributed by atoms with Gasteiger partial charge >= 0.3 is 0 Å². The Labute approximate surface area is 143 Å². The molecule has 2 aromatic rings. The van der Waals surface area contributed by atoms with Gasteiger partial charge in [0.05, 0.1) is 30.3 Å². The van der Waals surface area contributed by atoms with Crippen LogP contribution in [0.25, 0.3) is 0 Å².